The Kier molecular flexibility index (Phi) is 7.64. The van der Waals surface area contributed by atoms with Crippen molar-refractivity contribution in [1.29, 1.82) is 0 Å². The topological polar surface area (TPSA) is 79.4 Å². The molecule has 1 saturated heterocycles. The quantitative estimate of drug-likeness (QED) is 0.446. The molecule has 0 aliphatic carbocycles. The number of aromatic nitrogens is 1. The molecule has 0 atom stereocenters. The van der Waals surface area contributed by atoms with Gasteiger partial charge in [0.15, 0.2) is 0 Å². The van der Waals surface area contributed by atoms with E-state index in [1.165, 1.54) is 21.7 Å². The van der Waals surface area contributed by atoms with Crippen LogP contribution in [0.5, 0.6) is 0 Å². The van der Waals surface area contributed by atoms with Crippen molar-refractivity contribution in [2.75, 3.05) is 13.1 Å². The van der Waals surface area contributed by atoms with Crippen LogP contribution in [-0.2, 0) is 16.6 Å². The third-order valence-electron chi connectivity index (χ3n) is 6.08. The maximum absolute atomic E-state index is 13.0. The van der Waals surface area contributed by atoms with Gasteiger partial charge in [-0.2, -0.15) is 4.31 Å². The number of nitrogens with one attached hydrogen (secondary N) is 1. The van der Waals surface area contributed by atoms with E-state index in [1.54, 1.807) is 23.6 Å². The summed E-state index contributed by atoms with van der Waals surface area (Å²) < 4.78 is 27.5. The Bertz CT molecular complexity index is 1320. The minimum atomic E-state index is -3.60. The van der Waals surface area contributed by atoms with Crippen LogP contribution in [0.25, 0.3) is 0 Å². The number of thiazole rings is 1. The van der Waals surface area contributed by atoms with Gasteiger partial charge >= 0.3 is 0 Å². The van der Waals surface area contributed by atoms with E-state index < -0.39 is 10.0 Å². The first kappa shape index (κ1) is 25.1. The van der Waals surface area contributed by atoms with E-state index in [4.69, 9.17) is 23.2 Å². The minimum absolute atomic E-state index is 0.123. The second-order valence-electron chi connectivity index (χ2n) is 8.41. The average Bonchev–Trinajstić information content (AvgIpc) is 3.30. The molecule has 1 aromatic heterocycles. The number of sulfonamides is 1. The van der Waals surface area contributed by atoms with Crippen LogP contribution in [0, 0.1) is 13.8 Å². The van der Waals surface area contributed by atoms with Crippen molar-refractivity contribution >= 4 is 50.5 Å². The van der Waals surface area contributed by atoms with E-state index in [2.05, 4.69) is 10.3 Å². The van der Waals surface area contributed by atoms with Gasteiger partial charge in [0, 0.05) is 41.0 Å². The summed E-state index contributed by atoms with van der Waals surface area (Å²) in [4.78, 5) is 17.4. The highest BCUT2D eigenvalue weighted by molar-refractivity contribution is 7.89. The number of piperidine rings is 1. The Morgan fingerprint density at radius 3 is 2.53 bits per heavy atom. The third-order valence-corrected chi connectivity index (χ3v) is 9.63. The molecule has 180 valence electrons. The minimum Gasteiger partial charge on any atom is -0.347 e. The number of carbonyl (C=O) groups is 1. The van der Waals surface area contributed by atoms with Gasteiger partial charge in [-0.1, -0.05) is 35.3 Å². The molecule has 1 aliphatic rings. The molecule has 0 radical (unpaired) electrons. The summed E-state index contributed by atoms with van der Waals surface area (Å²) in [5.74, 6) is -0.105. The van der Waals surface area contributed by atoms with Crippen molar-refractivity contribution in [2.24, 2.45) is 0 Å². The normalized spacial score (nSPS) is 15.4. The predicted octanol–water partition coefficient (Wildman–Crippen LogP) is 5.57. The smallest absolute Gasteiger partial charge is 0.271 e. The summed E-state index contributed by atoms with van der Waals surface area (Å²) >= 11 is 13.6. The lowest BCUT2D eigenvalue weighted by molar-refractivity contribution is 0.0946. The van der Waals surface area contributed by atoms with Crippen molar-refractivity contribution in [3.63, 3.8) is 0 Å². The molecule has 0 spiro atoms. The molecule has 2 aromatic carbocycles. The fourth-order valence-electron chi connectivity index (χ4n) is 3.93. The lowest BCUT2D eigenvalue weighted by atomic mass is 9.99. The zero-order valence-electron chi connectivity index (χ0n) is 18.8. The summed E-state index contributed by atoms with van der Waals surface area (Å²) in [6.45, 7) is 4.98. The number of hydrogen-bond acceptors (Lipinski definition) is 5. The van der Waals surface area contributed by atoms with E-state index in [0.717, 1.165) is 21.7 Å². The summed E-state index contributed by atoms with van der Waals surface area (Å²) in [6, 6.07) is 10.4. The number of rotatable bonds is 6. The molecule has 10 heteroatoms. The molecule has 1 fully saturated rings. The maximum atomic E-state index is 13.0. The molecule has 1 N–H and O–H groups in total. The summed E-state index contributed by atoms with van der Waals surface area (Å²) in [6.07, 6.45) is 1.30. The highest BCUT2D eigenvalue weighted by Gasteiger charge is 2.31. The number of hydrogen-bond donors (Lipinski definition) is 1. The lowest BCUT2D eigenvalue weighted by Gasteiger charge is -2.30. The Balaban J connectivity index is 1.35. The molecule has 4 rings (SSSR count). The summed E-state index contributed by atoms with van der Waals surface area (Å²) in [5, 5.41) is 6.64. The number of halogens is 2. The van der Waals surface area contributed by atoms with Crippen LogP contribution >= 0.6 is 34.5 Å². The second-order valence-corrected chi connectivity index (χ2v) is 12.1. The Morgan fingerprint density at radius 2 is 1.85 bits per heavy atom. The highest BCUT2D eigenvalue weighted by atomic mass is 35.5. The third kappa shape index (κ3) is 5.47. The highest BCUT2D eigenvalue weighted by Crippen LogP contribution is 2.33. The fraction of sp³-hybridized carbons (Fsp3) is 0.333. The fourth-order valence-corrected chi connectivity index (χ4v) is 6.87. The maximum Gasteiger partial charge on any atom is 0.271 e. The van der Waals surface area contributed by atoms with Crippen LogP contribution in [0.4, 0.5) is 0 Å². The van der Waals surface area contributed by atoms with Crippen molar-refractivity contribution in [1.82, 2.24) is 14.6 Å². The molecule has 34 heavy (non-hydrogen) atoms. The number of aryl methyl sites for hydroxylation is 2. The number of nitrogens with zero attached hydrogens (tertiary/aromatic N) is 2. The van der Waals surface area contributed by atoms with Crippen molar-refractivity contribution in [3.8, 4) is 0 Å². The largest absolute Gasteiger partial charge is 0.347 e. The zero-order chi connectivity index (χ0) is 24.5. The molecule has 2 heterocycles. The number of amides is 1. The molecule has 1 amide bonds. The van der Waals surface area contributed by atoms with Gasteiger partial charge in [0.1, 0.15) is 5.69 Å². The van der Waals surface area contributed by atoms with Crippen LogP contribution in [-0.4, -0.2) is 36.7 Å². The van der Waals surface area contributed by atoms with Crippen LogP contribution in [0.2, 0.25) is 10.0 Å². The standard InChI is InChI=1S/C24H25Cl2N3O3S2/c1-15-3-6-20(12-21(15)26)34(31,32)29-9-7-17(8-10-29)24-28-22(14-33-24)23(30)27-13-18-4-5-19(25)11-16(18)2/h3-6,11-12,14,17H,7-10,13H2,1-2H3,(H,27,30). The Labute approximate surface area is 214 Å². The molecule has 0 unspecified atom stereocenters. The van der Waals surface area contributed by atoms with Crippen LogP contribution in [0.15, 0.2) is 46.7 Å². The molecule has 3 aromatic rings. The molecule has 0 bridgehead atoms. The first-order valence-corrected chi connectivity index (χ1v) is 14.0. The molecule has 0 saturated carbocycles. The lowest BCUT2D eigenvalue weighted by Crippen LogP contribution is -2.37. The summed E-state index contributed by atoms with van der Waals surface area (Å²) in [5.41, 5.74) is 3.24. The van der Waals surface area contributed by atoms with Gasteiger partial charge in [-0.3, -0.25) is 4.79 Å². The molecular formula is C24H25Cl2N3O3S2. The zero-order valence-corrected chi connectivity index (χ0v) is 22.0. The van der Waals surface area contributed by atoms with Gasteiger partial charge in [-0.15, -0.1) is 11.3 Å². The van der Waals surface area contributed by atoms with Crippen molar-refractivity contribution in [3.05, 3.63) is 79.2 Å². The van der Waals surface area contributed by atoms with Gasteiger partial charge in [0.2, 0.25) is 10.0 Å². The first-order chi connectivity index (χ1) is 16.1. The van der Waals surface area contributed by atoms with E-state index in [-0.39, 0.29) is 16.7 Å². The molecule has 1 aliphatic heterocycles. The van der Waals surface area contributed by atoms with Gasteiger partial charge in [-0.05, 0) is 67.6 Å². The van der Waals surface area contributed by atoms with Gasteiger partial charge < -0.3 is 5.32 Å². The van der Waals surface area contributed by atoms with Crippen LogP contribution in [0.1, 0.15) is 50.9 Å². The SMILES string of the molecule is Cc1ccc(S(=O)(=O)N2CCC(c3nc(C(=O)NCc4ccc(Cl)cc4C)cs3)CC2)cc1Cl. The number of carbonyl (C=O) groups excluding carboxylic acids is 1. The monoisotopic (exact) mass is 537 g/mol. The van der Waals surface area contributed by atoms with Crippen molar-refractivity contribution < 1.29 is 13.2 Å². The average molecular weight is 539 g/mol. The molecule has 6 nitrogen and oxygen atoms in total. The Morgan fingerprint density at radius 1 is 1.12 bits per heavy atom. The van der Waals surface area contributed by atoms with Gasteiger partial charge in [0.25, 0.3) is 5.91 Å². The Hall–Kier alpha value is -1.97. The number of benzene rings is 2. The van der Waals surface area contributed by atoms with E-state index in [9.17, 15) is 13.2 Å². The van der Waals surface area contributed by atoms with E-state index in [1.807, 2.05) is 26.0 Å². The van der Waals surface area contributed by atoms with Crippen molar-refractivity contribution in [2.45, 2.75) is 44.0 Å². The van der Waals surface area contributed by atoms with Crippen LogP contribution in [0.3, 0.4) is 0 Å². The van der Waals surface area contributed by atoms with Gasteiger partial charge in [-0.25, -0.2) is 13.4 Å². The molecular weight excluding hydrogens is 513 g/mol. The van der Waals surface area contributed by atoms with Gasteiger partial charge in [0.05, 0.1) is 9.90 Å². The first-order valence-electron chi connectivity index (χ1n) is 10.9. The van der Waals surface area contributed by atoms with Crippen LogP contribution < -0.4 is 5.32 Å². The second kappa shape index (κ2) is 10.3. The van der Waals surface area contributed by atoms with E-state index in [0.29, 0.717) is 48.2 Å². The van der Waals surface area contributed by atoms with E-state index >= 15 is 0 Å². The summed E-state index contributed by atoms with van der Waals surface area (Å²) in [7, 11) is -3.60. The predicted molar refractivity (Wildman–Crippen MR) is 136 cm³/mol.